The van der Waals surface area contributed by atoms with E-state index in [4.69, 9.17) is 9.47 Å². The van der Waals surface area contributed by atoms with Gasteiger partial charge in [0.2, 0.25) is 5.91 Å². The van der Waals surface area contributed by atoms with Crippen LogP contribution in [0.3, 0.4) is 0 Å². The van der Waals surface area contributed by atoms with E-state index in [-0.39, 0.29) is 34.6 Å². The van der Waals surface area contributed by atoms with Crippen molar-refractivity contribution in [2.24, 2.45) is 5.92 Å². The molecule has 0 atom stereocenters. The predicted octanol–water partition coefficient (Wildman–Crippen LogP) is 4.82. The van der Waals surface area contributed by atoms with Crippen LogP contribution in [0.5, 0.6) is 5.75 Å². The Morgan fingerprint density at radius 3 is 2.35 bits per heavy atom. The number of halogens is 1. The van der Waals surface area contributed by atoms with E-state index in [1.807, 2.05) is 31.2 Å². The molecule has 0 spiro atoms. The molecule has 0 bridgehead atoms. The number of carbonyl (C=O) groups is 2. The number of ether oxygens (including phenoxy) is 2. The standard InChI is InChI=1S/C27H27BrN2O6S/c1-18-2-11-24(25(16-18)36-17-19-3-5-21(28)6-4-19)27(32)30-37(33,34)23-9-7-22(8-10-23)29-26(31)20-12-14-35-15-13-20/h2-11,16,20H,12-15,17H2,1H3,(H,29,31)(H,30,32). The summed E-state index contributed by atoms with van der Waals surface area (Å²) in [6.45, 7) is 3.16. The Hall–Kier alpha value is -3.21. The molecule has 2 N–H and O–H groups in total. The van der Waals surface area contributed by atoms with Crippen molar-refractivity contribution in [2.45, 2.75) is 31.3 Å². The van der Waals surface area contributed by atoms with E-state index in [1.54, 1.807) is 12.1 Å². The third-order valence-electron chi connectivity index (χ3n) is 5.94. The molecule has 3 aromatic rings. The molecule has 1 heterocycles. The van der Waals surface area contributed by atoms with Crippen LogP contribution in [0.15, 0.2) is 76.1 Å². The van der Waals surface area contributed by atoms with E-state index in [0.717, 1.165) is 15.6 Å². The summed E-state index contributed by atoms with van der Waals surface area (Å²) in [4.78, 5) is 25.3. The van der Waals surface area contributed by atoms with Gasteiger partial charge in [-0.3, -0.25) is 9.59 Å². The monoisotopic (exact) mass is 586 g/mol. The van der Waals surface area contributed by atoms with Crippen molar-refractivity contribution >= 4 is 43.5 Å². The van der Waals surface area contributed by atoms with Gasteiger partial charge in [-0.15, -0.1) is 0 Å². The first-order valence-corrected chi connectivity index (χ1v) is 14.0. The number of hydrogen-bond donors (Lipinski definition) is 2. The zero-order chi connectivity index (χ0) is 26.4. The molecule has 1 saturated heterocycles. The molecule has 1 aliphatic heterocycles. The lowest BCUT2D eigenvalue weighted by Gasteiger charge is -2.21. The largest absolute Gasteiger partial charge is 0.488 e. The quantitative estimate of drug-likeness (QED) is 0.391. The number of hydrogen-bond acceptors (Lipinski definition) is 6. The predicted molar refractivity (Wildman–Crippen MR) is 143 cm³/mol. The first-order valence-electron chi connectivity index (χ1n) is 11.7. The number of carbonyl (C=O) groups excluding carboxylic acids is 2. The minimum atomic E-state index is -4.16. The Morgan fingerprint density at radius 2 is 1.68 bits per heavy atom. The van der Waals surface area contributed by atoms with Crippen LogP contribution in [0.4, 0.5) is 5.69 Å². The second kappa shape index (κ2) is 11.9. The summed E-state index contributed by atoms with van der Waals surface area (Å²) in [6, 6.07) is 18.2. The van der Waals surface area contributed by atoms with Gasteiger partial charge in [-0.2, -0.15) is 0 Å². The van der Waals surface area contributed by atoms with Gasteiger partial charge < -0.3 is 14.8 Å². The van der Waals surface area contributed by atoms with Crippen molar-refractivity contribution in [3.05, 3.63) is 87.9 Å². The molecule has 37 heavy (non-hydrogen) atoms. The molecule has 1 aliphatic rings. The third-order valence-corrected chi connectivity index (χ3v) is 7.82. The minimum absolute atomic E-state index is 0.102. The summed E-state index contributed by atoms with van der Waals surface area (Å²) in [7, 11) is -4.16. The number of anilines is 1. The Labute approximate surface area is 224 Å². The summed E-state index contributed by atoms with van der Waals surface area (Å²) in [5.41, 5.74) is 2.34. The maximum atomic E-state index is 13.0. The molecule has 2 amide bonds. The summed E-state index contributed by atoms with van der Waals surface area (Å²) in [5.74, 6) is -0.780. The fourth-order valence-corrected chi connectivity index (χ4v) is 5.07. The van der Waals surface area contributed by atoms with Gasteiger partial charge in [0.05, 0.1) is 10.5 Å². The van der Waals surface area contributed by atoms with Crippen LogP contribution in [0.2, 0.25) is 0 Å². The van der Waals surface area contributed by atoms with E-state index in [0.29, 0.717) is 31.7 Å². The van der Waals surface area contributed by atoms with Crippen molar-refractivity contribution < 1.29 is 27.5 Å². The second-order valence-corrected chi connectivity index (χ2v) is 11.3. The van der Waals surface area contributed by atoms with E-state index in [1.165, 1.54) is 30.3 Å². The Kier molecular flexibility index (Phi) is 8.63. The van der Waals surface area contributed by atoms with Crippen LogP contribution in [0, 0.1) is 12.8 Å². The molecule has 0 radical (unpaired) electrons. The van der Waals surface area contributed by atoms with Crippen molar-refractivity contribution in [3.63, 3.8) is 0 Å². The first-order chi connectivity index (χ1) is 17.7. The molecular formula is C27H27BrN2O6S. The molecule has 4 rings (SSSR count). The van der Waals surface area contributed by atoms with Crippen LogP contribution in [-0.4, -0.2) is 33.4 Å². The number of rotatable bonds is 8. The Morgan fingerprint density at radius 1 is 1.00 bits per heavy atom. The average Bonchev–Trinajstić information content (AvgIpc) is 2.89. The normalized spacial score (nSPS) is 14.1. The topological polar surface area (TPSA) is 111 Å². The van der Waals surface area contributed by atoms with E-state index in [2.05, 4.69) is 26.0 Å². The Bertz CT molecular complexity index is 1370. The lowest BCUT2D eigenvalue weighted by Crippen LogP contribution is -2.31. The molecular weight excluding hydrogens is 560 g/mol. The maximum Gasteiger partial charge on any atom is 0.268 e. The van der Waals surface area contributed by atoms with Crippen LogP contribution in [-0.2, 0) is 26.2 Å². The van der Waals surface area contributed by atoms with Crippen LogP contribution < -0.4 is 14.8 Å². The summed E-state index contributed by atoms with van der Waals surface area (Å²) in [6.07, 6.45) is 1.30. The van der Waals surface area contributed by atoms with Crippen LogP contribution in [0.1, 0.15) is 34.3 Å². The van der Waals surface area contributed by atoms with Gasteiger partial charge in [0.1, 0.15) is 12.4 Å². The van der Waals surface area contributed by atoms with Crippen molar-refractivity contribution in [2.75, 3.05) is 18.5 Å². The molecule has 0 unspecified atom stereocenters. The van der Waals surface area contributed by atoms with Gasteiger partial charge in [-0.25, -0.2) is 13.1 Å². The second-order valence-electron chi connectivity index (χ2n) is 8.75. The van der Waals surface area contributed by atoms with E-state index < -0.39 is 15.9 Å². The minimum Gasteiger partial charge on any atom is -0.488 e. The van der Waals surface area contributed by atoms with E-state index >= 15 is 0 Å². The van der Waals surface area contributed by atoms with E-state index in [9.17, 15) is 18.0 Å². The summed E-state index contributed by atoms with van der Waals surface area (Å²) >= 11 is 3.39. The summed E-state index contributed by atoms with van der Waals surface area (Å²) in [5, 5.41) is 2.80. The average molecular weight is 587 g/mol. The van der Waals surface area contributed by atoms with Gasteiger partial charge in [-0.1, -0.05) is 34.1 Å². The fourth-order valence-electron chi connectivity index (χ4n) is 3.84. The molecule has 1 fully saturated rings. The number of benzene rings is 3. The lowest BCUT2D eigenvalue weighted by molar-refractivity contribution is -0.122. The Balaban J connectivity index is 1.43. The first kappa shape index (κ1) is 26.8. The van der Waals surface area contributed by atoms with Crippen LogP contribution in [0.25, 0.3) is 0 Å². The lowest BCUT2D eigenvalue weighted by atomic mass is 9.99. The van der Waals surface area contributed by atoms with Gasteiger partial charge in [-0.05, 0) is 79.4 Å². The molecule has 0 aliphatic carbocycles. The molecule has 194 valence electrons. The highest BCUT2D eigenvalue weighted by Crippen LogP contribution is 2.24. The third kappa shape index (κ3) is 7.18. The maximum absolute atomic E-state index is 13.0. The highest BCUT2D eigenvalue weighted by Gasteiger charge is 2.23. The zero-order valence-electron chi connectivity index (χ0n) is 20.2. The molecule has 8 nitrogen and oxygen atoms in total. The van der Waals surface area contributed by atoms with Gasteiger partial charge >= 0.3 is 0 Å². The molecule has 3 aromatic carbocycles. The number of sulfonamides is 1. The number of aryl methyl sites for hydroxylation is 1. The van der Waals surface area contributed by atoms with Gasteiger partial charge in [0, 0.05) is 29.3 Å². The van der Waals surface area contributed by atoms with Crippen molar-refractivity contribution in [1.82, 2.24) is 4.72 Å². The van der Waals surface area contributed by atoms with Crippen molar-refractivity contribution in [3.8, 4) is 5.75 Å². The number of amides is 2. The highest BCUT2D eigenvalue weighted by atomic mass is 79.9. The van der Waals surface area contributed by atoms with Crippen LogP contribution >= 0.6 is 15.9 Å². The highest BCUT2D eigenvalue weighted by molar-refractivity contribution is 9.10. The van der Waals surface area contributed by atoms with Gasteiger partial charge in [0.25, 0.3) is 15.9 Å². The summed E-state index contributed by atoms with van der Waals surface area (Å²) < 4.78 is 40.0. The van der Waals surface area contributed by atoms with Gasteiger partial charge in [0.15, 0.2) is 0 Å². The zero-order valence-corrected chi connectivity index (χ0v) is 22.6. The fraction of sp³-hybridized carbons (Fsp3) is 0.259. The van der Waals surface area contributed by atoms with Crippen molar-refractivity contribution in [1.29, 1.82) is 0 Å². The SMILES string of the molecule is Cc1ccc(C(=O)NS(=O)(=O)c2ccc(NC(=O)C3CCOCC3)cc2)c(OCc2ccc(Br)cc2)c1. The molecule has 0 aromatic heterocycles. The number of nitrogens with one attached hydrogen (secondary N) is 2. The smallest absolute Gasteiger partial charge is 0.268 e. The molecule has 10 heteroatoms. The molecule has 0 saturated carbocycles.